The van der Waals surface area contributed by atoms with Crippen LogP contribution >= 0.6 is 0 Å². The van der Waals surface area contributed by atoms with Crippen molar-refractivity contribution < 1.29 is 0 Å². The van der Waals surface area contributed by atoms with E-state index in [-0.39, 0.29) is 0 Å². The Bertz CT molecular complexity index is 84.3. The number of hydrazine groups is 1. The molecule has 0 amide bonds. The van der Waals surface area contributed by atoms with Crippen LogP contribution in [0.4, 0.5) is 0 Å². The summed E-state index contributed by atoms with van der Waals surface area (Å²) in [5, 5.41) is 3.06. The van der Waals surface area contributed by atoms with Gasteiger partial charge in [-0.25, -0.2) is 0 Å². The van der Waals surface area contributed by atoms with E-state index < -0.39 is 0 Å². The molecule has 0 spiro atoms. The van der Waals surface area contributed by atoms with E-state index in [1.165, 1.54) is 12.8 Å². The summed E-state index contributed by atoms with van der Waals surface area (Å²) in [4.78, 5) is 0. The Morgan fingerprint density at radius 1 is 1.67 bits per heavy atom. The molecule has 0 unspecified atom stereocenters. The molecule has 54 valence electrons. The molecule has 0 bridgehead atoms. The summed E-state index contributed by atoms with van der Waals surface area (Å²) in [6.07, 6.45) is 2.37. The standard InChI is InChI=1S/C5H13N3Se/c1-2-3-4-7-5(9)8-6/h2-4,6H2,1H3,(H2,7,8,9). The van der Waals surface area contributed by atoms with Crippen LogP contribution in [0.3, 0.4) is 0 Å². The van der Waals surface area contributed by atoms with Crippen molar-refractivity contribution in [3.05, 3.63) is 0 Å². The van der Waals surface area contributed by atoms with Crippen molar-refractivity contribution in [3.63, 3.8) is 0 Å². The Kier molecular flexibility index (Phi) is 6.04. The van der Waals surface area contributed by atoms with Crippen LogP contribution in [-0.2, 0) is 0 Å². The van der Waals surface area contributed by atoms with Gasteiger partial charge in [0.2, 0.25) is 0 Å². The predicted molar refractivity (Wildman–Crippen MR) is 41.0 cm³/mol. The van der Waals surface area contributed by atoms with E-state index in [0.29, 0.717) is 0 Å². The third kappa shape index (κ3) is 5.83. The Labute approximate surface area is 63.7 Å². The second-order valence-corrected chi connectivity index (χ2v) is 2.61. The number of hydrogen-bond acceptors (Lipinski definition) is 3. The minimum absolute atomic E-state index is 0.809. The van der Waals surface area contributed by atoms with E-state index in [1.54, 1.807) is 0 Å². The van der Waals surface area contributed by atoms with Crippen LogP contribution in [0, 0.1) is 0 Å². The summed E-state index contributed by atoms with van der Waals surface area (Å²) in [5.41, 5.74) is 2.47. The average Bonchev–Trinajstić information content (AvgIpc) is 1.89. The van der Waals surface area contributed by atoms with Gasteiger partial charge in [0, 0.05) is 0 Å². The monoisotopic (exact) mass is 195 g/mol. The van der Waals surface area contributed by atoms with E-state index in [2.05, 4.69) is 33.2 Å². The van der Waals surface area contributed by atoms with Crippen LogP contribution in [0.15, 0.2) is 0 Å². The summed E-state index contributed by atoms with van der Waals surface area (Å²) < 4.78 is 0.809. The quantitative estimate of drug-likeness (QED) is 0.230. The summed E-state index contributed by atoms with van der Waals surface area (Å²) in [6.45, 7) is 3.12. The summed E-state index contributed by atoms with van der Waals surface area (Å²) in [7, 11) is 0. The normalized spacial score (nSPS) is 8.67. The molecule has 0 saturated carbocycles. The summed E-state index contributed by atoms with van der Waals surface area (Å²) in [5.74, 6) is 5.07. The van der Waals surface area contributed by atoms with Crippen LogP contribution in [0.2, 0.25) is 0 Å². The molecule has 3 nitrogen and oxygen atoms in total. The van der Waals surface area contributed by atoms with Crippen LogP contribution in [0.5, 0.6) is 0 Å². The fourth-order valence-corrected chi connectivity index (χ4v) is 0.644. The fourth-order valence-electron chi connectivity index (χ4n) is 0.430. The van der Waals surface area contributed by atoms with E-state index in [0.717, 1.165) is 11.2 Å². The van der Waals surface area contributed by atoms with Gasteiger partial charge in [-0.3, -0.25) is 0 Å². The fraction of sp³-hybridized carbons (Fsp3) is 0.800. The molecule has 0 aliphatic carbocycles. The number of unbranched alkanes of at least 4 members (excludes halogenated alkanes) is 1. The zero-order chi connectivity index (χ0) is 7.11. The van der Waals surface area contributed by atoms with Gasteiger partial charge >= 0.3 is 63.1 Å². The molecule has 0 rings (SSSR count). The maximum absolute atomic E-state index is 5.07. The molecule has 0 radical (unpaired) electrons. The van der Waals surface area contributed by atoms with Crippen molar-refractivity contribution in [2.24, 2.45) is 5.84 Å². The third-order valence-electron chi connectivity index (χ3n) is 0.947. The Morgan fingerprint density at radius 2 is 2.33 bits per heavy atom. The Morgan fingerprint density at radius 3 is 2.78 bits per heavy atom. The molecule has 0 heterocycles. The van der Waals surface area contributed by atoms with Gasteiger partial charge < -0.3 is 0 Å². The van der Waals surface area contributed by atoms with Gasteiger partial charge in [-0.1, -0.05) is 0 Å². The molecule has 0 aromatic rings. The van der Waals surface area contributed by atoms with Gasteiger partial charge in [-0.2, -0.15) is 0 Å². The molecule has 0 saturated heterocycles. The second-order valence-electron chi connectivity index (χ2n) is 1.75. The molecule has 0 aromatic carbocycles. The van der Waals surface area contributed by atoms with Crippen molar-refractivity contribution in [2.75, 3.05) is 6.54 Å². The number of rotatable bonds is 5. The predicted octanol–water partition coefficient (Wildman–Crippen LogP) is -0.905. The SMILES string of the molecule is CCCCNC(=[Se])NN. The number of hydrogen-bond donors (Lipinski definition) is 3. The Hall–Kier alpha value is -0.0505. The first-order valence-corrected chi connectivity index (χ1v) is 3.91. The van der Waals surface area contributed by atoms with Gasteiger partial charge in [0.05, 0.1) is 0 Å². The minimum atomic E-state index is 0.809. The molecule has 0 atom stereocenters. The van der Waals surface area contributed by atoms with E-state index in [4.69, 9.17) is 5.84 Å². The first kappa shape index (κ1) is 8.95. The van der Waals surface area contributed by atoms with Crippen molar-refractivity contribution in [3.8, 4) is 0 Å². The van der Waals surface area contributed by atoms with Gasteiger partial charge in [0.1, 0.15) is 0 Å². The summed E-state index contributed by atoms with van der Waals surface area (Å²) in [6, 6.07) is 0. The molecule has 0 aliphatic rings. The zero-order valence-electron chi connectivity index (χ0n) is 5.61. The van der Waals surface area contributed by atoms with Crippen molar-refractivity contribution in [2.45, 2.75) is 19.8 Å². The third-order valence-corrected chi connectivity index (χ3v) is 1.50. The molecule has 4 N–H and O–H groups in total. The molecule has 0 fully saturated rings. The van der Waals surface area contributed by atoms with E-state index in [9.17, 15) is 0 Å². The average molecular weight is 194 g/mol. The van der Waals surface area contributed by atoms with Crippen LogP contribution in [0.1, 0.15) is 19.8 Å². The maximum atomic E-state index is 5.07. The number of nitrogens with one attached hydrogen (secondary N) is 2. The summed E-state index contributed by atoms with van der Waals surface area (Å²) >= 11 is 2.76. The van der Waals surface area contributed by atoms with Crippen LogP contribution in [0.25, 0.3) is 0 Å². The molecular weight excluding hydrogens is 181 g/mol. The first-order valence-electron chi connectivity index (χ1n) is 3.05. The van der Waals surface area contributed by atoms with Crippen molar-refractivity contribution >= 4 is 20.2 Å². The van der Waals surface area contributed by atoms with Crippen LogP contribution in [-0.4, -0.2) is 26.8 Å². The zero-order valence-corrected chi connectivity index (χ0v) is 7.32. The van der Waals surface area contributed by atoms with E-state index >= 15 is 0 Å². The van der Waals surface area contributed by atoms with Crippen molar-refractivity contribution in [1.29, 1.82) is 0 Å². The van der Waals surface area contributed by atoms with Crippen molar-refractivity contribution in [1.82, 2.24) is 10.7 Å². The molecule has 9 heavy (non-hydrogen) atoms. The number of nitrogens with two attached hydrogens (primary N) is 1. The Balaban J connectivity index is 2.97. The topological polar surface area (TPSA) is 50.1 Å². The van der Waals surface area contributed by atoms with Gasteiger partial charge in [0.15, 0.2) is 0 Å². The first-order chi connectivity index (χ1) is 4.31. The van der Waals surface area contributed by atoms with Crippen LogP contribution < -0.4 is 16.6 Å². The second kappa shape index (κ2) is 6.08. The van der Waals surface area contributed by atoms with Gasteiger partial charge in [-0.05, 0) is 0 Å². The molecule has 0 aliphatic heterocycles. The van der Waals surface area contributed by atoms with E-state index in [1.807, 2.05) is 0 Å². The molecule has 0 aromatic heterocycles. The van der Waals surface area contributed by atoms with Gasteiger partial charge in [-0.15, -0.1) is 0 Å². The molecule has 4 heteroatoms. The van der Waals surface area contributed by atoms with Gasteiger partial charge in [0.25, 0.3) is 0 Å². The molecular formula is C5H13N3Se.